The summed E-state index contributed by atoms with van der Waals surface area (Å²) in [6, 6.07) is 0. The van der Waals surface area contributed by atoms with Crippen LogP contribution in [0.1, 0.15) is 38.7 Å². The van der Waals surface area contributed by atoms with Gasteiger partial charge < -0.3 is 15.4 Å². The zero-order chi connectivity index (χ0) is 13.1. The average Bonchev–Trinajstić information content (AvgIpc) is 2.53. The van der Waals surface area contributed by atoms with E-state index in [1.807, 2.05) is 0 Å². The van der Waals surface area contributed by atoms with Gasteiger partial charge in [0.1, 0.15) is 18.0 Å². The highest BCUT2D eigenvalue weighted by atomic mass is 16.5. The fourth-order valence-electron chi connectivity index (χ4n) is 2.39. The maximum absolute atomic E-state index is 5.99. The number of nitrogens with two attached hydrogens (primary N) is 1. The molecule has 1 fully saturated rings. The van der Waals surface area contributed by atoms with Crippen molar-refractivity contribution in [2.45, 2.75) is 39.2 Å². The van der Waals surface area contributed by atoms with Crippen LogP contribution in [0, 0.1) is 0 Å². The molecule has 1 aromatic rings. The lowest BCUT2D eigenvalue weighted by molar-refractivity contribution is 0.0820. The van der Waals surface area contributed by atoms with Crippen LogP contribution in [0.25, 0.3) is 0 Å². The first-order valence-corrected chi connectivity index (χ1v) is 6.56. The van der Waals surface area contributed by atoms with Gasteiger partial charge in [0.05, 0.1) is 6.10 Å². The third kappa shape index (κ3) is 2.72. The van der Waals surface area contributed by atoms with E-state index in [0.717, 1.165) is 37.5 Å². The summed E-state index contributed by atoms with van der Waals surface area (Å²) in [7, 11) is 0. The largest absolute Gasteiger partial charge is 0.383 e. The summed E-state index contributed by atoms with van der Waals surface area (Å²) in [6.07, 6.45) is 2.79. The highest BCUT2D eigenvalue weighted by Gasteiger charge is 2.22. The molecular weight excluding hydrogens is 228 g/mol. The highest BCUT2D eigenvalue weighted by molar-refractivity contribution is 5.58. The van der Waals surface area contributed by atoms with Crippen molar-refractivity contribution in [2.24, 2.45) is 0 Å². The summed E-state index contributed by atoms with van der Waals surface area (Å²) in [4.78, 5) is 10.8. The minimum atomic E-state index is 0.226. The second-order valence-corrected chi connectivity index (χ2v) is 5.13. The lowest BCUT2D eigenvalue weighted by Crippen LogP contribution is -2.32. The molecule has 1 aliphatic heterocycles. The van der Waals surface area contributed by atoms with Crippen molar-refractivity contribution in [1.29, 1.82) is 0 Å². The van der Waals surface area contributed by atoms with E-state index in [4.69, 9.17) is 10.5 Å². The smallest absolute Gasteiger partial charge is 0.137 e. The van der Waals surface area contributed by atoms with E-state index in [1.54, 1.807) is 6.33 Å². The molecule has 0 bridgehead atoms. The summed E-state index contributed by atoms with van der Waals surface area (Å²) in [5, 5.41) is 0. The number of nitrogen functional groups attached to an aromatic ring is 1. The Labute approximate surface area is 108 Å². The fraction of sp³-hybridized carbons (Fsp3) is 0.692. The summed E-state index contributed by atoms with van der Waals surface area (Å²) in [6.45, 7) is 8.97. The number of rotatable bonds is 2. The molecule has 0 spiro atoms. The van der Waals surface area contributed by atoms with Crippen molar-refractivity contribution in [1.82, 2.24) is 9.97 Å². The lowest BCUT2D eigenvalue weighted by Gasteiger charge is -2.26. The molecule has 2 N–H and O–H groups in total. The number of hydrogen-bond acceptors (Lipinski definition) is 5. The van der Waals surface area contributed by atoms with Gasteiger partial charge in [0.15, 0.2) is 0 Å². The number of nitrogens with zero attached hydrogens (tertiary/aromatic N) is 3. The molecule has 2 rings (SSSR count). The van der Waals surface area contributed by atoms with Gasteiger partial charge in [-0.1, -0.05) is 13.8 Å². The van der Waals surface area contributed by atoms with Crippen molar-refractivity contribution in [2.75, 3.05) is 30.3 Å². The molecule has 1 saturated heterocycles. The van der Waals surface area contributed by atoms with Gasteiger partial charge in [0, 0.05) is 25.3 Å². The van der Waals surface area contributed by atoms with Crippen LogP contribution in [0.4, 0.5) is 11.6 Å². The Morgan fingerprint density at radius 3 is 2.94 bits per heavy atom. The Kier molecular flexibility index (Phi) is 4.01. The van der Waals surface area contributed by atoms with E-state index >= 15 is 0 Å². The zero-order valence-electron chi connectivity index (χ0n) is 11.4. The second kappa shape index (κ2) is 5.52. The van der Waals surface area contributed by atoms with Crippen LogP contribution in [0.2, 0.25) is 0 Å². The SMILES string of the molecule is CC1CN(c2ncnc(N)c2C(C)C)CCCO1. The molecule has 0 aromatic carbocycles. The monoisotopic (exact) mass is 250 g/mol. The summed E-state index contributed by atoms with van der Waals surface area (Å²) < 4.78 is 5.67. The van der Waals surface area contributed by atoms with Crippen molar-refractivity contribution in [3.63, 3.8) is 0 Å². The van der Waals surface area contributed by atoms with E-state index in [-0.39, 0.29) is 6.10 Å². The van der Waals surface area contributed by atoms with Crippen LogP contribution in [-0.4, -0.2) is 35.8 Å². The van der Waals surface area contributed by atoms with Gasteiger partial charge >= 0.3 is 0 Å². The number of aromatic nitrogens is 2. The first-order valence-electron chi connectivity index (χ1n) is 6.56. The molecule has 100 valence electrons. The molecule has 1 aliphatic rings. The molecule has 0 saturated carbocycles. The minimum absolute atomic E-state index is 0.226. The van der Waals surface area contributed by atoms with Gasteiger partial charge in [-0.3, -0.25) is 0 Å². The van der Waals surface area contributed by atoms with Crippen molar-refractivity contribution in [3.8, 4) is 0 Å². The maximum atomic E-state index is 5.99. The molecule has 2 heterocycles. The normalized spacial score (nSPS) is 21.1. The van der Waals surface area contributed by atoms with E-state index in [1.165, 1.54) is 0 Å². The molecular formula is C13H22N4O. The van der Waals surface area contributed by atoms with Gasteiger partial charge in [-0.05, 0) is 19.3 Å². The van der Waals surface area contributed by atoms with Crippen LogP contribution in [0.3, 0.4) is 0 Å². The van der Waals surface area contributed by atoms with Crippen LogP contribution < -0.4 is 10.6 Å². The number of anilines is 2. The molecule has 1 unspecified atom stereocenters. The second-order valence-electron chi connectivity index (χ2n) is 5.13. The molecule has 18 heavy (non-hydrogen) atoms. The highest BCUT2D eigenvalue weighted by Crippen LogP contribution is 2.29. The molecule has 5 nitrogen and oxygen atoms in total. The Bertz CT molecular complexity index is 408. The van der Waals surface area contributed by atoms with Crippen LogP contribution in [0.5, 0.6) is 0 Å². The van der Waals surface area contributed by atoms with Crippen LogP contribution >= 0.6 is 0 Å². The quantitative estimate of drug-likeness (QED) is 0.867. The number of hydrogen-bond donors (Lipinski definition) is 1. The molecule has 1 aromatic heterocycles. The topological polar surface area (TPSA) is 64.3 Å². The van der Waals surface area contributed by atoms with Gasteiger partial charge in [-0.2, -0.15) is 0 Å². The van der Waals surface area contributed by atoms with Gasteiger partial charge in [0.25, 0.3) is 0 Å². The van der Waals surface area contributed by atoms with Crippen molar-refractivity contribution < 1.29 is 4.74 Å². The van der Waals surface area contributed by atoms with E-state index in [0.29, 0.717) is 11.7 Å². The first kappa shape index (κ1) is 13.1. The maximum Gasteiger partial charge on any atom is 0.137 e. The Hall–Kier alpha value is -1.36. The molecule has 1 atom stereocenters. The molecule has 0 amide bonds. The Morgan fingerprint density at radius 2 is 2.22 bits per heavy atom. The minimum Gasteiger partial charge on any atom is -0.383 e. The molecule has 0 aliphatic carbocycles. The lowest BCUT2D eigenvalue weighted by atomic mass is 10.0. The van der Waals surface area contributed by atoms with Crippen LogP contribution in [-0.2, 0) is 4.74 Å². The third-order valence-electron chi connectivity index (χ3n) is 3.22. The van der Waals surface area contributed by atoms with Gasteiger partial charge in [-0.25, -0.2) is 9.97 Å². The Balaban J connectivity index is 2.34. The van der Waals surface area contributed by atoms with Crippen molar-refractivity contribution in [3.05, 3.63) is 11.9 Å². The standard InChI is InChI=1S/C13H22N4O/c1-9(2)11-12(14)15-8-16-13(11)17-5-4-6-18-10(3)7-17/h8-10H,4-7H2,1-3H3,(H2,14,15,16). The molecule has 5 heteroatoms. The average molecular weight is 250 g/mol. The number of ether oxygens (including phenoxy) is 1. The fourth-order valence-corrected chi connectivity index (χ4v) is 2.39. The summed E-state index contributed by atoms with van der Waals surface area (Å²) >= 11 is 0. The van der Waals surface area contributed by atoms with Crippen molar-refractivity contribution >= 4 is 11.6 Å². The zero-order valence-corrected chi connectivity index (χ0v) is 11.4. The predicted octanol–water partition coefficient (Wildman–Crippen LogP) is 1.80. The predicted molar refractivity (Wildman–Crippen MR) is 72.8 cm³/mol. The Morgan fingerprint density at radius 1 is 1.44 bits per heavy atom. The van der Waals surface area contributed by atoms with E-state index in [2.05, 4.69) is 35.6 Å². The van der Waals surface area contributed by atoms with Gasteiger partial charge in [0.2, 0.25) is 0 Å². The van der Waals surface area contributed by atoms with Gasteiger partial charge in [-0.15, -0.1) is 0 Å². The van der Waals surface area contributed by atoms with E-state index < -0.39 is 0 Å². The summed E-state index contributed by atoms with van der Waals surface area (Å²) in [5.41, 5.74) is 7.04. The third-order valence-corrected chi connectivity index (χ3v) is 3.22. The first-order chi connectivity index (χ1) is 8.59. The summed E-state index contributed by atoms with van der Waals surface area (Å²) in [5.74, 6) is 1.88. The van der Waals surface area contributed by atoms with Crippen LogP contribution in [0.15, 0.2) is 6.33 Å². The van der Waals surface area contributed by atoms with E-state index in [9.17, 15) is 0 Å². The molecule has 0 radical (unpaired) electrons.